The molecule has 0 aliphatic heterocycles. The summed E-state index contributed by atoms with van der Waals surface area (Å²) < 4.78 is 5.08. The van der Waals surface area contributed by atoms with Crippen LogP contribution in [0.5, 0.6) is 0 Å². The molecule has 1 aromatic heterocycles. The van der Waals surface area contributed by atoms with Gasteiger partial charge in [-0.25, -0.2) is 14.8 Å². The minimum atomic E-state index is -0.359. The predicted octanol–water partition coefficient (Wildman–Crippen LogP) is 2.59. The summed E-state index contributed by atoms with van der Waals surface area (Å²) in [7, 11) is 0. The van der Waals surface area contributed by atoms with Gasteiger partial charge >= 0.3 is 5.97 Å². The van der Waals surface area contributed by atoms with Gasteiger partial charge in [-0.3, -0.25) is 0 Å². The Hall–Kier alpha value is -1.30. The SMILES string of the molecule is CCOC(=O)c1cnc(SC)nc1NC12CC(C1)[C@H]2C. The van der Waals surface area contributed by atoms with Crippen LogP contribution in [0.3, 0.4) is 0 Å². The first kappa shape index (κ1) is 13.7. The van der Waals surface area contributed by atoms with Crippen molar-refractivity contribution in [2.24, 2.45) is 11.8 Å². The minimum Gasteiger partial charge on any atom is -0.462 e. The van der Waals surface area contributed by atoms with Gasteiger partial charge in [-0.2, -0.15) is 0 Å². The van der Waals surface area contributed by atoms with E-state index in [1.165, 1.54) is 24.6 Å². The first-order chi connectivity index (χ1) is 9.59. The van der Waals surface area contributed by atoms with Crippen LogP contribution < -0.4 is 5.32 Å². The fraction of sp³-hybridized carbons (Fsp3) is 0.643. The van der Waals surface area contributed by atoms with E-state index >= 15 is 0 Å². The maximum Gasteiger partial charge on any atom is 0.343 e. The van der Waals surface area contributed by atoms with Crippen molar-refractivity contribution in [3.05, 3.63) is 11.8 Å². The summed E-state index contributed by atoms with van der Waals surface area (Å²) >= 11 is 1.47. The van der Waals surface area contributed by atoms with Crippen LogP contribution in [0.4, 0.5) is 5.82 Å². The highest BCUT2D eigenvalue weighted by atomic mass is 32.2. The van der Waals surface area contributed by atoms with E-state index < -0.39 is 0 Å². The Bertz CT molecular complexity index is 543. The highest BCUT2D eigenvalue weighted by molar-refractivity contribution is 7.98. The van der Waals surface area contributed by atoms with Crippen molar-refractivity contribution >= 4 is 23.5 Å². The normalized spacial score (nSPS) is 30.1. The first-order valence-corrected chi connectivity index (χ1v) is 8.18. The molecule has 0 aromatic carbocycles. The zero-order valence-electron chi connectivity index (χ0n) is 12.0. The third kappa shape index (κ3) is 1.97. The fourth-order valence-electron chi connectivity index (χ4n) is 3.10. The number of anilines is 1. The number of aromatic nitrogens is 2. The Morgan fingerprint density at radius 1 is 1.60 bits per heavy atom. The second-order valence-corrected chi connectivity index (χ2v) is 6.35. The van der Waals surface area contributed by atoms with Gasteiger partial charge in [0.15, 0.2) is 5.16 Å². The number of hydrogen-bond acceptors (Lipinski definition) is 6. The van der Waals surface area contributed by atoms with Crippen LogP contribution in [-0.2, 0) is 4.74 Å². The molecule has 0 radical (unpaired) electrons. The molecule has 5 nitrogen and oxygen atoms in total. The van der Waals surface area contributed by atoms with Crippen LogP contribution in [0.2, 0.25) is 0 Å². The van der Waals surface area contributed by atoms with Crippen LogP contribution in [0.15, 0.2) is 11.4 Å². The van der Waals surface area contributed by atoms with Crippen LogP contribution in [0, 0.1) is 11.8 Å². The van der Waals surface area contributed by atoms with Gasteiger partial charge in [-0.1, -0.05) is 18.7 Å². The van der Waals surface area contributed by atoms with Gasteiger partial charge in [-0.15, -0.1) is 0 Å². The van der Waals surface area contributed by atoms with Crippen molar-refractivity contribution in [1.29, 1.82) is 0 Å². The summed E-state index contributed by atoms with van der Waals surface area (Å²) in [5, 5.41) is 4.15. The van der Waals surface area contributed by atoms with Crippen molar-refractivity contribution in [2.75, 3.05) is 18.2 Å². The van der Waals surface area contributed by atoms with E-state index in [1.54, 1.807) is 13.1 Å². The molecule has 1 atom stereocenters. The highest BCUT2D eigenvalue weighted by Crippen LogP contribution is 2.63. The fourth-order valence-corrected chi connectivity index (χ4v) is 3.44. The Labute approximate surface area is 122 Å². The van der Waals surface area contributed by atoms with E-state index in [4.69, 9.17) is 4.74 Å². The molecule has 3 saturated carbocycles. The molecular formula is C14H19N3O2S. The summed E-state index contributed by atoms with van der Waals surface area (Å²) in [5.74, 6) is 1.76. The Morgan fingerprint density at radius 3 is 2.85 bits per heavy atom. The van der Waals surface area contributed by atoms with E-state index in [0.29, 0.717) is 29.1 Å². The van der Waals surface area contributed by atoms with Crippen molar-refractivity contribution in [3.8, 4) is 0 Å². The smallest absolute Gasteiger partial charge is 0.343 e. The van der Waals surface area contributed by atoms with E-state index in [1.807, 2.05) is 6.26 Å². The molecule has 1 N–H and O–H groups in total. The standard InChI is InChI=1S/C14H19N3O2S/c1-4-19-12(18)10-7-15-13(20-3)16-11(10)17-14-5-9(6-14)8(14)2/h7-9H,4-6H2,1-3H3,(H,15,16,17)/t8-,9?,14?/m1/s1. The molecule has 0 amide bonds. The van der Waals surface area contributed by atoms with E-state index in [2.05, 4.69) is 22.2 Å². The number of hydrogen-bond donors (Lipinski definition) is 1. The van der Waals surface area contributed by atoms with E-state index in [0.717, 1.165) is 5.92 Å². The molecule has 4 rings (SSSR count). The topological polar surface area (TPSA) is 64.1 Å². The molecule has 108 valence electrons. The molecule has 1 aromatic rings. The predicted molar refractivity (Wildman–Crippen MR) is 78.0 cm³/mol. The summed E-state index contributed by atoms with van der Waals surface area (Å²) in [6.45, 7) is 4.41. The average Bonchev–Trinajstić information content (AvgIpc) is 2.43. The number of esters is 1. The summed E-state index contributed by atoms with van der Waals surface area (Å²) in [5.41, 5.74) is 0.567. The quantitative estimate of drug-likeness (QED) is 0.511. The molecular weight excluding hydrogens is 274 g/mol. The lowest BCUT2D eigenvalue weighted by molar-refractivity contribution is -0.0812. The van der Waals surface area contributed by atoms with Crippen molar-refractivity contribution in [3.63, 3.8) is 0 Å². The van der Waals surface area contributed by atoms with Crippen molar-refractivity contribution in [1.82, 2.24) is 9.97 Å². The van der Waals surface area contributed by atoms with Crippen LogP contribution in [0.1, 0.15) is 37.0 Å². The van der Waals surface area contributed by atoms with Crippen molar-refractivity contribution < 1.29 is 9.53 Å². The largest absolute Gasteiger partial charge is 0.462 e. The molecule has 2 bridgehead atoms. The molecule has 20 heavy (non-hydrogen) atoms. The Kier molecular flexibility index (Phi) is 3.36. The molecule has 0 saturated heterocycles. The molecule has 3 aliphatic rings. The molecule has 0 unspecified atom stereocenters. The Morgan fingerprint density at radius 2 is 2.35 bits per heavy atom. The number of carbonyl (C=O) groups is 1. The zero-order valence-corrected chi connectivity index (χ0v) is 12.8. The lowest BCUT2D eigenvalue weighted by Gasteiger charge is -2.67. The average molecular weight is 293 g/mol. The molecule has 3 fully saturated rings. The zero-order chi connectivity index (χ0) is 14.3. The number of nitrogens with one attached hydrogen (secondary N) is 1. The van der Waals surface area contributed by atoms with Crippen LogP contribution >= 0.6 is 11.8 Å². The Balaban J connectivity index is 1.87. The second kappa shape index (κ2) is 4.91. The van der Waals surface area contributed by atoms with Gasteiger partial charge in [-0.05, 0) is 37.9 Å². The summed E-state index contributed by atoms with van der Waals surface area (Å²) in [4.78, 5) is 20.6. The maximum atomic E-state index is 12.0. The number of thioether (sulfide) groups is 1. The van der Waals surface area contributed by atoms with Crippen LogP contribution in [0.25, 0.3) is 0 Å². The monoisotopic (exact) mass is 293 g/mol. The lowest BCUT2D eigenvalue weighted by Crippen LogP contribution is -2.70. The number of carbonyl (C=O) groups excluding carboxylic acids is 1. The van der Waals surface area contributed by atoms with E-state index in [9.17, 15) is 4.79 Å². The van der Waals surface area contributed by atoms with Crippen molar-refractivity contribution in [2.45, 2.75) is 37.4 Å². The van der Waals surface area contributed by atoms with E-state index in [-0.39, 0.29) is 11.5 Å². The maximum absolute atomic E-state index is 12.0. The summed E-state index contributed by atoms with van der Waals surface area (Å²) in [6, 6.07) is 0. The minimum absolute atomic E-state index is 0.135. The van der Waals surface area contributed by atoms with Gasteiger partial charge < -0.3 is 10.1 Å². The first-order valence-electron chi connectivity index (χ1n) is 6.96. The van der Waals surface area contributed by atoms with Crippen LogP contribution in [-0.4, -0.2) is 34.3 Å². The van der Waals surface area contributed by atoms with Gasteiger partial charge in [0.25, 0.3) is 0 Å². The lowest BCUT2D eigenvalue weighted by atomic mass is 9.43. The highest BCUT2D eigenvalue weighted by Gasteiger charge is 2.63. The third-order valence-electron chi connectivity index (χ3n) is 4.64. The van der Waals surface area contributed by atoms with Gasteiger partial charge in [0, 0.05) is 11.7 Å². The van der Waals surface area contributed by atoms with Gasteiger partial charge in [0.05, 0.1) is 6.61 Å². The number of rotatable bonds is 5. The summed E-state index contributed by atoms with van der Waals surface area (Å²) in [6.07, 6.45) is 5.84. The second-order valence-electron chi connectivity index (χ2n) is 5.58. The molecule has 3 aliphatic carbocycles. The van der Waals surface area contributed by atoms with Gasteiger partial charge in [0.1, 0.15) is 11.4 Å². The van der Waals surface area contributed by atoms with Gasteiger partial charge in [0.2, 0.25) is 0 Å². The molecule has 0 spiro atoms. The molecule has 1 heterocycles. The third-order valence-corrected chi connectivity index (χ3v) is 5.21. The number of ether oxygens (including phenoxy) is 1. The molecule has 6 heteroatoms. The number of nitrogens with zero attached hydrogens (tertiary/aromatic N) is 2.